The van der Waals surface area contributed by atoms with Gasteiger partial charge in [-0.2, -0.15) is 0 Å². The lowest BCUT2D eigenvalue weighted by Gasteiger charge is -2.31. The van der Waals surface area contributed by atoms with Crippen LogP contribution in [0.15, 0.2) is 0 Å². The normalized spacial score (nSPS) is 17.4. The lowest BCUT2D eigenvalue weighted by atomic mass is 10.0. The molecule has 0 aromatic rings. The van der Waals surface area contributed by atoms with Crippen molar-refractivity contribution in [2.75, 3.05) is 27.3 Å². The molecule has 150 valence electrons. The summed E-state index contributed by atoms with van der Waals surface area (Å²) in [7, 11) is 1.68. The van der Waals surface area contributed by atoms with E-state index in [0.717, 1.165) is 6.04 Å². The molecule has 0 spiro atoms. The molecular weight excluding hydrogens is 326 g/mol. The molecule has 0 unspecified atom stereocenters. The Morgan fingerprint density at radius 2 is 1.12 bits per heavy atom. The van der Waals surface area contributed by atoms with Crippen LogP contribution in [0, 0.1) is 0 Å². The van der Waals surface area contributed by atoms with Gasteiger partial charge in [0.1, 0.15) is 0 Å². The van der Waals surface area contributed by atoms with Crippen molar-refractivity contribution in [3.8, 4) is 0 Å². The van der Waals surface area contributed by atoms with Gasteiger partial charge in [-0.3, -0.25) is 4.57 Å². The molecule has 1 rings (SSSR count). The molecule has 0 aromatic carbocycles. The molecule has 0 aromatic heterocycles. The number of nitrogens with zero attached hydrogens (tertiary/aromatic N) is 1. The maximum Gasteiger partial charge on any atom is 0.427 e. The van der Waals surface area contributed by atoms with E-state index in [0.29, 0.717) is 0 Å². The highest BCUT2D eigenvalue weighted by Gasteiger charge is 2.46. The van der Waals surface area contributed by atoms with Crippen molar-refractivity contribution in [2.45, 2.75) is 109 Å². The van der Waals surface area contributed by atoms with Crippen LogP contribution in [0.2, 0.25) is 6.04 Å². The van der Waals surface area contributed by atoms with Crippen molar-refractivity contribution in [1.29, 1.82) is 0 Å². The summed E-state index contributed by atoms with van der Waals surface area (Å²) in [5.41, 5.74) is 0. The predicted molar refractivity (Wildman–Crippen MR) is 111 cm³/mol. The highest BCUT2D eigenvalue weighted by molar-refractivity contribution is 6.65. The molecule has 0 N–H and O–H groups in total. The summed E-state index contributed by atoms with van der Waals surface area (Å²) < 4.78 is 14.1. The molecule has 0 amide bonds. The first kappa shape index (κ1) is 23.1. The fourth-order valence-electron chi connectivity index (χ4n) is 4.15. The summed E-state index contributed by atoms with van der Waals surface area (Å²) >= 11 is 0. The smallest absolute Gasteiger partial charge is 0.386 e. The Bertz CT molecular complexity index is 298. The summed E-state index contributed by atoms with van der Waals surface area (Å²) in [6.45, 7) is 4.64. The van der Waals surface area contributed by atoms with Gasteiger partial charge in [-0.1, -0.05) is 90.4 Å². The van der Waals surface area contributed by atoms with E-state index >= 15 is 0 Å². The Hall–Kier alpha value is 0.0969. The Kier molecular flexibility index (Phi) is 14.1. The Morgan fingerprint density at radius 3 is 1.56 bits per heavy atom. The first-order valence-electron chi connectivity index (χ1n) is 11.1. The molecule has 0 radical (unpaired) electrons. The van der Waals surface area contributed by atoms with E-state index < -0.39 is 8.72 Å². The second kappa shape index (κ2) is 15.2. The van der Waals surface area contributed by atoms with Gasteiger partial charge in [-0.25, -0.2) is 0 Å². The van der Waals surface area contributed by atoms with Gasteiger partial charge in [-0.05, 0) is 25.9 Å². The van der Waals surface area contributed by atoms with Crippen LogP contribution in [0.4, 0.5) is 0 Å². The van der Waals surface area contributed by atoms with Crippen molar-refractivity contribution >= 4 is 8.72 Å². The van der Waals surface area contributed by atoms with Crippen LogP contribution < -0.4 is 0 Å². The molecule has 0 aliphatic carbocycles. The maximum absolute atomic E-state index is 5.77. The van der Waals surface area contributed by atoms with Gasteiger partial charge < -0.3 is 8.85 Å². The fourth-order valence-corrected chi connectivity index (χ4v) is 7.16. The monoisotopic (exact) mass is 371 g/mol. The second-order valence-corrected chi connectivity index (χ2v) is 11.2. The van der Waals surface area contributed by atoms with Crippen LogP contribution in [-0.2, 0) is 8.85 Å². The predicted octanol–water partition coefficient (Wildman–Crippen LogP) is 6.41. The number of hydrogen-bond donors (Lipinski definition) is 0. The highest BCUT2D eigenvalue weighted by Crippen LogP contribution is 2.27. The zero-order valence-corrected chi connectivity index (χ0v) is 18.5. The van der Waals surface area contributed by atoms with Crippen LogP contribution >= 0.6 is 0 Å². The van der Waals surface area contributed by atoms with Crippen LogP contribution in [0.5, 0.6) is 0 Å². The number of hydrogen-bond acceptors (Lipinski definition) is 3. The van der Waals surface area contributed by atoms with Crippen LogP contribution in [0.25, 0.3) is 0 Å². The van der Waals surface area contributed by atoms with Gasteiger partial charge in [0.25, 0.3) is 0 Å². The lowest BCUT2D eigenvalue weighted by molar-refractivity contribution is 0.181. The molecule has 0 bridgehead atoms. The molecule has 3 nitrogen and oxygen atoms in total. The molecule has 25 heavy (non-hydrogen) atoms. The molecule has 1 fully saturated rings. The van der Waals surface area contributed by atoms with E-state index in [1.165, 1.54) is 109 Å². The average molecular weight is 372 g/mol. The molecule has 1 aliphatic rings. The van der Waals surface area contributed by atoms with Crippen molar-refractivity contribution in [3.05, 3.63) is 0 Å². The van der Waals surface area contributed by atoms with Gasteiger partial charge >= 0.3 is 8.72 Å². The van der Waals surface area contributed by atoms with E-state index in [1.807, 2.05) is 14.2 Å². The minimum atomic E-state index is -1.98. The van der Waals surface area contributed by atoms with E-state index in [9.17, 15) is 0 Å². The summed E-state index contributed by atoms with van der Waals surface area (Å²) in [6.07, 6.45) is 21.2. The van der Waals surface area contributed by atoms with Crippen molar-refractivity contribution in [3.63, 3.8) is 0 Å². The molecule has 0 saturated carbocycles. The van der Waals surface area contributed by atoms with E-state index in [-0.39, 0.29) is 0 Å². The standard InChI is InChI=1S/C21H45NO2Si/c1-4-5-6-7-8-9-10-11-12-13-14-15-16-17-19-22-20-18-21-25(22,23-2)24-3/h4-21H2,1-3H3. The summed E-state index contributed by atoms with van der Waals surface area (Å²) in [5, 5.41) is 0. The fraction of sp³-hybridized carbons (Fsp3) is 1.00. The quantitative estimate of drug-likeness (QED) is 0.218. The highest BCUT2D eigenvalue weighted by atomic mass is 28.4. The minimum Gasteiger partial charge on any atom is -0.386 e. The van der Waals surface area contributed by atoms with Crippen LogP contribution in [0.3, 0.4) is 0 Å². The van der Waals surface area contributed by atoms with Gasteiger partial charge in [0, 0.05) is 20.3 Å². The lowest BCUT2D eigenvalue weighted by Crippen LogP contribution is -2.53. The largest absolute Gasteiger partial charge is 0.427 e. The van der Waals surface area contributed by atoms with E-state index in [1.54, 1.807) is 0 Å². The van der Waals surface area contributed by atoms with Crippen molar-refractivity contribution in [1.82, 2.24) is 4.57 Å². The molecule has 1 saturated heterocycles. The average Bonchev–Trinajstić information content (AvgIpc) is 3.05. The maximum atomic E-state index is 5.77. The third-order valence-corrected chi connectivity index (χ3v) is 9.49. The minimum absolute atomic E-state index is 1.14. The summed E-state index contributed by atoms with van der Waals surface area (Å²) in [6, 6.07) is 1.14. The molecule has 4 heteroatoms. The zero-order chi connectivity index (χ0) is 18.2. The molecule has 1 heterocycles. The van der Waals surface area contributed by atoms with E-state index in [4.69, 9.17) is 8.85 Å². The molecule has 1 aliphatic heterocycles. The zero-order valence-electron chi connectivity index (χ0n) is 17.5. The first-order chi connectivity index (χ1) is 12.3. The Labute approximate surface area is 159 Å². The second-order valence-electron chi connectivity index (χ2n) is 7.81. The SMILES string of the molecule is CCCCCCCCCCCCCCCCN1CCC[Si]1(OC)OC. The molecule has 0 atom stereocenters. The van der Waals surface area contributed by atoms with Crippen molar-refractivity contribution in [2.24, 2.45) is 0 Å². The van der Waals surface area contributed by atoms with Gasteiger partial charge in [0.15, 0.2) is 0 Å². The topological polar surface area (TPSA) is 21.7 Å². The van der Waals surface area contributed by atoms with Crippen LogP contribution in [-0.4, -0.2) is 40.6 Å². The Balaban J connectivity index is 1.85. The van der Waals surface area contributed by atoms with Gasteiger partial charge in [-0.15, -0.1) is 0 Å². The third-order valence-electron chi connectivity index (χ3n) is 5.82. The number of unbranched alkanes of at least 4 members (excludes halogenated alkanes) is 13. The molecular formula is C21H45NO2Si. The van der Waals surface area contributed by atoms with Gasteiger partial charge in [0.05, 0.1) is 0 Å². The van der Waals surface area contributed by atoms with Crippen LogP contribution in [0.1, 0.15) is 103 Å². The van der Waals surface area contributed by atoms with Gasteiger partial charge in [0.2, 0.25) is 0 Å². The van der Waals surface area contributed by atoms with Crippen molar-refractivity contribution < 1.29 is 8.85 Å². The number of rotatable bonds is 17. The first-order valence-corrected chi connectivity index (χ1v) is 13.1. The Morgan fingerprint density at radius 1 is 0.680 bits per heavy atom. The third kappa shape index (κ3) is 9.55. The summed E-state index contributed by atoms with van der Waals surface area (Å²) in [5.74, 6) is 0. The van der Waals surface area contributed by atoms with E-state index in [2.05, 4.69) is 11.5 Å². The summed E-state index contributed by atoms with van der Waals surface area (Å²) in [4.78, 5) is 0.